The quantitative estimate of drug-likeness (QED) is 0.436. The Balaban J connectivity index is 2.95. The van der Waals surface area contributed by atoms with Crippen LogP contribution < -0.4 is 0 Å². The van der Waals surface area contributed by atoms with Gasteiger partial charge >= 0.3 is 0 Å². The molecule has 0 aliphatic heterocycles. The second kappa shape index (κ2) is 8.05. The first kappa shape index (κ1) is 11.0. The Hall–Kier alpha value is 1.95. The van der Waals surface area contributed by atoms with Crippen LogP contribution in [0.25, 0.3) is 0 Å². The molecule has 0 rings (SSSR count). The molecule has 0 aliphatic carbocycles. The summed E-state index contributed by atoms with van der Waals surface area (Å²) in [4.78, 5) is 0. The first-order chi connectivity index (χ1) is 4.31. The highest BCUT2D eigenvalue weighted by Gasteiger charge is 2.01. The lowest BCUT2D eigenvalue weighted by molar-refractivity contribution is 3.74. The predicted molar refractivity (Wildman–Crippen MR) is 79.7 cm³/mol. The van der Waals surface area contributed by atoms with Crippen molar-refractivity contribution in [3.8, 4) is 0 Å². The summed E-state index contributed by atoms with van der Waals surface area (Å²) in [5.74, 6) is 0. The van der Waals surface area contributed by atoms with Gasteiger partial charge in [-0.15, -0.1) is 0 Å². The smallest absolute Gasteiger partial charge is 0.00748 e. The van der Waals surface area contributed by atoms with Gasteiger partial charge in [0.2, 0.25) is 0 Å². The highest BCUT2D eigenvalue weighted by atomic mass is 30.1. The lowest BCUT2D eigenvalue weighted by Gasteiger charge is -2.02. The minimum absolute atomic E-state index is 0.412. The molecule has 1 atom stereocenters. The molecule has 0 amide bonds. The van der Waals surface area contributed by atoms with Crippen molar-refractivity contribution in [2.45, 2.75) is 0 Å². The topological polar surface area (TPSA) is 0 Å². The molecule has 0 aromatic heterocycles. The van der Waals surface area contributed by atoms with Crippen molar-refractivity contribution in [3.05, 3.63) is 0 Å². The van der Waals surface area contributed by atoms with Gasteiger partial charge in [0.05, 0.1) is 0 Å². The fraction of sp³-hybridized carbons (Fsp3) is 0. The van der Waals surface area contributed by atoms with Crippen LogP contribution in [0.2, 0.25) is 0 Å². The van der Waals surface area contributed by atoms with Gasteiger partial charge in [-0.05, 0) is 79.4 Å². The highest BCUT2D eigenvalue weighted by Crippen LogP contribution is 1.64. The van der Waals surface area contributed by atoms with E-state index in [1.807, 2.05) is 0 Å². The van der Waals surface area contributed by atoms with Gasteiger partial charge in [0.1, 0.15) is 0 Å². The summed E-state index contributed by atoms with van der Waals surface area (Å²) in [7, 11) is 9.83. The fourth-order valence-corrected chi connectivity index (χ4v) is 289. The summed E-state index contributed by atoms with van der Waals surface area (Å²) in [6, 6.07) is 0. The summed E-state index contributed by atoms with van der Waals surface area (Å²) in [6.07, 6.45) is 0. The van der Waals surface area contributed by atoms with Crippen LogP contribution >= 0.6 is 0 Å². The molecular weight excluding hydrogens is 253 g/mol. The Labute approximate surface area is 79.0 Å². The van der Waals surface area contributed by atoms with Crippen LogP contribution in [-0.2, 0) is 0 Å². The highest BCUT2D eigenvalue weighted by molar-refractivity contribution is 7.77. The second-order valence-electron chi connectivity index (χ2n) is 3.04. The van der Waals surface area contributed by atoms with Crippen LogP contribution in [0.5, 0.6) is 0 Å². The van der Waals surface area contributed by atoms with E-state index < -0.39 is 0 Å². The van der Waals surface area contributed by atoms with Crippen molar-refractivity contribution >= 4 is 79.4 Å². The van der Waals surface area contributed by atoms with Crippen molar-refractivity contribution in [3.63, 3.8) is 0 Å². The van der Waals surface area contributed by atoms with Crippen LogP contribution in [-0.4, -0.2) is 79.4 Å². The number of hydrogen-bond donors (Lipinski definition) is 0. The van der Waals surface area contributed by atoms with Crippen LogP contribution in [0.15, 0.2) is 0 Å². The zero-order chi connectivity index (χ0) is 7.11. The average molecular weight is 273 g/mol. The van der Waals surface area contributed by atoms with Crippen molar-refractivity contribution in [2.24, 2.45) is 0 Å². The molecule has 0 bridgehead atoms. The first-order valence-electron chi connectivity index (χ1n) is 4.31. The summed E-state index contributed by atoms with van der Waals surface area (Å²) in [5, 5.41) is 0. The van der Waals surface area contributed by atoms with E-state index in [9.17, 15) is 0 Å². The summed E-state index contributed by atoms with van der Waals surface area (Å²) < 4.78 is 0. The van der Waals surface area contributed by atoms with Gasteiger partial charge in [0, 0.05) is 0 Å². The Morgan fingerprint density at radius 1 is 1.00 bits per heavy atom. The third-order valence-corrected chi connectivity index (χ3v) is 148. The molecule has 0 nitrogen and oxygen atoms in total. The third kappa shape index (κ3) is 7.85. The zero-order valence-corrected chi connectivity index (χ0v) is 21.3. The maximum atomic E-state index is 1.80. The molecule has 56 valence electrons. The average Bonchev–Trinajstić information content (AvgIpc) is 1.85. The van der Waals surface area contributed by atoms with Crippen LogP contribution in [0.4, 0.5) is 0 Å². The molecule has 1 unspecified atom stereocenters. The van der Waals surface area contributed by atoms with Crippen LogP contribution in [0, 0.1) is 0 Å². The molecule has 0 heterocycles. The fourth-order valence-electron chi connectivity index (χ4n) is 1.19. The molecule has 0 aromatic rings. The minimum atomic E-state index is 0.412. The molecule has 9 heavy (non-hydrogen) atoms. The monoisotopic (exact) mass is 272 g/mol. The molecule has 0 fully saturated rings. The molecule has 9 heteroatoms. The van der Waals surface area contributed by atoms with E-state index in [2.05, 4.69) is 0 Å². The summed E-state index contributed by atoms with van der Waals surface area (Å²) in [5.41, 5.74) is 0. The molecule has 0 saturated carbocycles. The molecule has 0 saturated heterocycles. The lowest BCUT2D eigenvalue weighted by Crippen LogP contribution is -2.40. The normalized spacial score (nSPS) is 21.3. The largest absolute Gasteiger partial charge is 0.0120 e. The van der Waals surface area contributed by atoms with Crippen molar-refractivity contribution < 1.29 is 0 Å². The van der Waals surface area contributed by atoms with E-state index in [4.69, 9.17) is 0 Å². The van der Waals surface area contributed by atoms with Crippen molar-refractivity contribution in [2.75, 3.05) is 0 Å². The summed E-state index contributed by atoms with van der Waals surface area (Å²) >= 11 is 0. The van der Waals surface area contributed by atoms with Gasteiger partial charge in [0.25, 0.3) is 0 Å². The zero-order valence-electron chi connectivity index (χ0n) is 7.11. The van der Waals surface area contributed by atoms with Gasteiger partial charge in [0.15, 0.2) is 0 Å². The van der Waals surface area contributed by atoms with Crippen LogP contribution in [0.1, 0.15) is 0 Å². The Morgan fingerprint density at radius 3 is 2.11 bits per heavy atom. The van der Waals surface area contributed by atoms with Gasteiger partial charge < -0.3 is 0 Å². The standard InChI is InChI=1S/H20Si9/c1-4-6-8-9(3)7-5-2/h9H,4-8H2,1-3H3. The van der Waals surface area contributed by atoms with Gasteiger partial charge in [-0.1, -0.05) is 0 Å². The minimum Gasteiger partial charge on any atom is -0.0120 e. The van der Waals surface area contributed by atoms with E-state index in [1.54, 1.807) is 29.3 Å². The molecule has 0 spiro atoms. The van der Waals surface area contributed by atoms with E-state index in [0.29, 0.717) is 7.35 Å². The third-order valence-electron chi connectivity index (χ3n) is 1.83. The maximum Gasteiger partial charge on any atom is -0.00748 e. The van der Waals surface area contributed by atoms with Crippen molar-refractivity contribution in [1.82, 2.24) is 0 Å². The molecular formula is H20Si9. The Morgan fingerprint density at radius 2 is 1.67 bits per heavy atom. The van der Waals surface area contributed by atoms with Gasteiger partial charge in [-0.2, -0.15) is 0 Å². The predicted octanol–water partition coefficient (Wildman–Crippen LogP) is -8.78. The lowest BCUT2D eigenvalue weighted by atomic mass is 26.1. The molecule has 0 N–H and O–H groups in total. The van der Waals surface area contributed by atoms with Gasteiger partial charge in [-0.3, -0.25) is 0 Å². The number of hydrogen-bond acceptors (Lipinski definition) is 0. The second-order valence-corrected chi connectivity index (χ2v) is 82.0. The number of rotatable bonds is 5. The first-order valence-corrected chi connectivity index (χ1v) is 38.8. The van der Waals surface area contributed by atoms with E-state index in [-0.39, 0.29) is 0 Å². The van der Waals surface area contributed by atoms with Crippen molar-refractivity contribution in [1.29, 1.82) is 0 Å². The Bertz CT molecular complexity index is 48.0. The Kier molecular flexibility index (Phi) is 9.80. The van der Waals surface area contributed by atoms with Crippen LogP contribution in [0.3, 0.4) is 0 Å². The summed E-state index contributed by atoms with van der Waals surface area (Å²) in [6.45, 7) is 0. The maximum absolute atomic E-state index is 1.80. The molecule has 0 aromatic carbocycles. The van der Waals surface area contributed by atoms with Gasteiger partial charge in [-0.25, -0.2) is 0 Å². The van der Waals surface area contributed by atoms with E-state index >= 15 is 0 Å². The SMILES string of the molecule is [SiH3][SiH2][SiH2][SiH2][SiH]([SiH3])[SiH2][SiH2][SiH3]. The van der Waals surface area contributed by atoms with E-state index in [0.717, 1.165) is 42.8 Å². The molecule has 0 aliphatic rings. The molecule has 0 radical (unpaired) electrons. The van der Waals surface area contributed by atoms with E-state index in [1.165, 1.54) is 0 Å².